The number of nitrogens with two attached hydrogens (primary N) is 1. The Hall–Kier alpha value is -2.20. The molecule has 4 nitrogen and oxygen atoms in total. The summed E-state index contributed by atoms with van der Waals surface area (Å²) in [5, 5.41) is 10.6. The average molecular weight is 284 g/mol. The summed E-state index contributed by atoms with van der Waals surface area (Å²) in [6.07, 6.45) is 2.57. The molecule has 4 heteroatoms. The van der Waals surface area contributed by atoms with E-state index < -0.39 is 0 Å². The molecule has 0 aliphatic rings. The van der Waals surface area contributed by atoms with Crippen LogP contribution in [0.5, 0.6) is 0 Å². The van der Waals surface area contributed by atoms with E-state index in [9.17, 15) is 10.1 Å². The molecule has 21 heavy (non-hydrogen) atoms. The van der Waals surface area contributed by atoms with Crippen LogP contribution >= 0.6 is 0 Å². The highest BCUT2D eigenvalue weighted by molar-refractivity contribution is 5.33. The molecular weight excluding hydrogens is 264 g/mol. The first-order valence-corrected chi connectivity index (χ1v) is 7.09. The molecule has 0 aliphatic carbocycles. The summed E-state index contributed by atoms with van der Waals surface area (Å²) < 4.78 is 0. The van der Waals surface area contributed by atoms with Crippen molar-refractivity contribution in [2.75, 3.05) is 0 Å². The highest BCUT2D eigenvalue weighted by Crippen LogP contribution is 2.15. The second kappa shape index (κ2) is 6.99. The zero-order chi connectivity index (χ0) is 15.2. The Balaban J connectivity index is 1.88. The minimum Gasteiger partial charge on any atom is -0.327 e. The van der Waals surface area contributed by atoms with Gasteiger partial charge in [-0.25, -0.2) is 0 Å². The summed E-state index contributed by atoms with van der Waals surface area (Å²) >= 11 is 0. The number of aryl methyl sites for hydroxylation is 2. The Kier molecular flexibility index (Phi) is 5.06. The first-order chi connectivity index (χ1) is 10.1. The summed E-state index contributed by atoms with van der Waals surface area (Å²) in [6.45, 7) is 2.10. The van der Waals surface area contributed by atoms with Crippen LogP contribution in [0.3, 0.4) is 0 Å². The molecule has 110 valence electrons. The molecule has 0 saturated carbocycles. The highest BCUT2D eigenvalue weighted by Gasteiger charge is 2.08. The van der Waals surface area contributed by atoms with Crippen molar-refractivity contribution in [1.82, 2.24) is 0 Å². The van der Waals surface area contributed by atoms with E-state index in [1.807, 2.05) is 12.1 Å². The average Bonchev–Trinajstić information content (AvgIpc) is 2.48. The summed E-state index contributed by atoms with van der Waals surface area (Å²) in [4.78, 5) is 10.2. The van der Waals surface area contributed by atoms with Gasteiger partial charge in [-0.05, 0) is 42.9 Å². The van der Waals surface area contributed by atoms with E-state index in [-0.39, 0.29) is 16.7 Å². The van der Waals surface area contributed by atoms with E-state index in [1.54, 1.807) is 24.3 Å². The number of rotatable bonds is 6. The van der Waals surface area contributed by atoms with Crippen LogP contribution in [-0.4, -0.2) is 11.0 Å². The maximum Gasteiger partial charge on any atom is 0.269 e. The van der Waals surface area contributed by atoms with Gasteiger partial charge in [0.1, 0.15) is 0 Å². The third-order valence-corrected chi connectivity index (χ3v) is 3.69. The van der Waals surface area contributed by atoms with Crippen molar-refractivity contribution in [3.8, 4) is 0 Å². The van der Waals surface area contributed by atoms with Crippen molar-refractivity contribution in [2.24, 2.45) is 5.73 Å². The predicted octanol–water partition coefficient (Wildman–Crippen LogP) is 3.41. The molecule has 0 spiro atoms. The van der Waals surface area contributed by atoms with Gasteiger partial charge in [-0.2, -0.15) is 0 Å². The van der Waals surface area contributed by atoms with Crippen LogP contribution in [-0.2, 0) is 12.8 Å². The summed E-state index contributed by atoms with van der Waals surface area (Å²) in [6, 6.07) is 15.1. The SMILES string of the molecule is Cc1ccccc1CC(N)CCc1ccc([N+](=O)[O-])cc1. The van der Waals surface area contributed by atoms with Crippen molar-refractivity contribution in [1.29, 1.82) is 0 Å². The maximum absolute atomic E-state index is 10.6. The van der Waals surface area contributed by atoms with Gasteiger partial charge in [0, 0.05) is 18.2 Å². The minimum absolute atomic E-state index is 0.0984. The van der Waals surface area contributed by atoms with Crippen LogP contribution in [0.4, 0.5) is 5.69 Å². The van der Waals surface area contributed by atoms with Crippen molar-refractivity contribution in [3.63, 3.8) is 0 Å². The standard InChI is InChI=1S/C17H20N2O2/c1-13-4-2-3-5-15(13)12-16(18)9-6-14-7-10-17(11-8-14)19(20)21/h2-5,7-8,10-11,16H,6,9,12,18H2,1H3. The van der Waals surface area contributed by atoms with Crippen LogP contribution in [0.1, 0.15) is 23.1 Å². The van der Waals surface area contributed by atoms with Gasteiger partial charge >= 0.3 is 0 Å². The quantitative estimate of drug-likeness (QED) is 0.653. The van der Waals surface area contributed by atoms with Crippen molar-refractivity contribution >= 4 is 5.69 Å². The number of benzene rings is 2. The van der Waals surface area contributed by atoms with Gasteiger partial charge in [0.15, 0.2) is 0 Å². The molecular formula is C17H20N2O2. The first kappa shape index (κ1) is 15.2. The Morgan fingerprint density at radius 2 is 1.81 bits per heavy atom. The van der Waals surface area contributed by atoms with Gasteiger partial charge in [-0.3, -0.25) is 10.1 Å². The fourth-order valence-electron chi connectivity index (χ4n) is 2.36. The Morgan fingerprint density at radius 1 is 1.14 bits per heavy atom. The number of non-ortho nitro benzene ring substituents is 1. The van der Waals surface area contributed by atoms with E-state index in [1.165, 1.54) is 11.1 Å². The normalized spacial score (nSPS) is 12.1. The van der Waals surface area contributed by atoms with Gasteiger partial charge in [-0.1, -0.05) is 36.4 Å². The van der Waals surface area contributed by atoms with Crippen molar-refractivity contribution in [2.45, 2.75) is 32.2 Å². The summed E-state index contributed by atoms with van der Waals surface area (Å²) in [5.41, 5.74) is 9.96. The third-order valence-electron chi connectivity index (χ3n) is 3.69. The third kappa shape index (κ3) is 4.39. The monoisotopic (exact) mass is 284 g/mol. The van der Waals surface area contributed by atoms with E-state index in [0.29, 0.717) is 0 Å². The van der Waals surface area contributed by atoms with Gasteiger partial charge in [-0.15, -0.1) is 0 Å². The van der Waals surface area contributed by atoms with Crippen LogP contribution in [0.15, 0.2) is 48.5 Å². The van der Waals surface area contributed by atoms with E-state index >= 15 is 0 Å². The number of nitro groups is 1. The molecule has 0 saturated heterocycles. The van der Waals surface area contributed by atoms with Gasteiger partial charge < -0.3 is 5.73 Å². The molecule has 0 amide bonds. The van der Waals surface area contributed by atoms with E-state index in [0.717, 1.165) is 24.8 Å². The second-order valence-corrected chi connectivity index (χ2v) is 5.35. The minimum atomic E-state index is -0.381. The number of nitrogens with zero attached hydrogens (tertiary/aromatic N) is 1. The lowest BCUT2D eigenvalue weighted by Gasteiger charge is -2.13. The van der Waals surface area contributed by atoms with Gasteiger partial charge in [0.05, 0.1) is 4.92 Å². The largest absolute Gasteiger partial charge is 0.327 e. The number of hydrogen-bond donors (Lipinski definition) is 1. The Labute approximate surface area is 124 Å². The van der Waals surface area contributed by atoms with Crippen molar-refractivity contribution in [3.05, 3.63) is 75.3 Å². The molecule has 0 heterocycles. The molecule has 0 radical (unpaired) electrons. The Morgan fingerprint density at radius 3 is 2.43 bits per heavy atom. The van der Waals surface area contributed by atoms with Crippen molar-refractivity contribution < 1.29 is 4.92 Å². The zero-order valence-corrected chi connectivity index (χ0v) is 12.2. The number of nitro benzene ring substituents is 1. The summed E-state index contributed by atoms with van der Waals surface area (Å²) in [5.74, 6) is 0. The van der Waals surface area contributed by atoms with E-state index in [2.05, 4.69) is 19.1 Å². The fraction of sp³-hybridized carbons (Fsp3) is 0.294. The van der Waals surface area contributed by atoms with Gasteiger partial charge in [0.2, 0.25) is 0 Å². The molecule has 0 aliphatic heterocycles. The molecule has 1 unspecified atom stereocenters. The lowest BCUT2D eigenvalue weighted by Crippen LogP contribution is -2.23. The molecule has 0 aromatic heterocycles. The van der Waals surface area contributed by atoms with Crippen LogP contribution in [0.2, 0.25) is 0 Å². The van der Waals surface area contributed by atoms with E-state index in [4.69, 9.17) is 5.73 Å². The molecule has 2 aromatic carbocycles. The molecule has 0 fully saturated rings. The zero-order valence-electron chi connectivity index (χ0n) is 12.2. The number of hydrogen-bond acceptors (Lipinski definition) is 3. The predicted molar refractivity (Wildman–Crippen MR) is 84.3 cm³/mol. The lowest BCUT2D eigenvalue weighted by atomic mass is 9.97. The Bertz CT molecular complexity index is 608. The van der Waals surface area contributed by atoms with Crippen LogP contribution < -0.4 is 5.73 Å². The van der Waals surface area contributed by atoms with Crippen LogP contribution in [0.25, 0.3) is 0 Å². The lowest BCUT2D eigenvalue weighted by molar-refractivity contribution is -0.384. The fourth-order valence-corrected chi connectivity index (χ4v) is 2.36. The second-order valence-electron chi connectivity index (χ2n) is 5.35. The highest BCUT2D eigenvalue weighted by atomic mass is 16.6. The van der Waals surface area contributed by atoms with Crippen LogP contribution in [0, 0.1) is 17.0 Å². The summed E-state index contributed by atoms with van der Waals surface area (Å²) in [7, 11) is 0. The maximum atomic E-state index is 10.6. The first-order valence-electron chi connectivity index (χ1n) is 7.09. The molecule has 1 atom stereocenters. The molecule has 0 bridgehead atoms. The smallest absolute Gasteiger partial charge is 0.269 e. The molecule has 2 N–H and O–H groups in total. The topological polar surface area (TPSA) is 69.2 Å². The molecule has 2 rings (SSSR count). The van der Waals surface area contributed by atoms with Gasteiger partial charge in [0.25, 0.3) is 5.69 Å². The molecule has 2 aromatic rings.